The summed E-state index contributed by atoms with van der Waals surface area (Å²) in [5.74, 6) is 0.847. The molecule has 0 aliphatic carbocycles. The number of ether oxygens (including phenoxy) is 1. The molecule has 0 unspecified atom stereocenters. The van der Waals surface area contributed by atoms with Crippen LogP contribution in [0.25, 0.3) is 42.9 Å². The predicted octanol–water partition coefficient (Wildman–Crippen LogP) is 6.50. The molecule has 31 heavy (non-hydrogen) atoms. The summed E-state index contributed by atoms with van der Waals surface area (Å²) in [6.07, 6.45) is 0. The van der Waals surface area contributed by atoms with Gasteiger partial charge in [-0.1, -0.05) is 72.3 Å². The van der Waals surface area contributed by atoms with Gasteiger partial charge in [0.2, 0.25) is 5.88 Å². The average molecular weight is 443 g/mol. The van der Waals surface area contributed by atoms with Crippen molar-refractivity contribution in [3.8, 4) is 34.5 Å². The number of thiophene rings is 1. The molecule has 0 aliphatic rings. The molecule has 0 aliphatic heterocycles. The number of aromatic nitrogens is 3. The van der Waals surface area contributed by atoms with Crippen molar-refractivity contribution >= 4 is 43.4 Å². The predicted molar refractivity (Wildman–Crippen MR) is 124 cm³/mol. The molecule has 7 heteroatoms. The highest BCUT2D eigenvalue weighted by molar-refractivity contribution is 7.26. The van der Waals surface area contributed by atoms with Gasteiger partial charge in [0.05, 0.1) is 16.8 Å². The number of pyridine rings is 1. The molecule has 0 bridgehead atoms. The minimum Gasteiger partial charge on any atom is -0.477 e. The number of hydrogen-bond acceptors (Lipinski definition) is 6. The molecule has 0 atom stereocenters. The highest BCUT2D eigenvalue weighted by Gasteiger charge is 2.24. The molecule has 0 N–H and O–H groups in total. The highest BCUT2D eigenvalue weighted by Crippen LogP contribution is 2.44. The fourth-order valence-corrected chi connectivity index (χ4v) is 4.85. The molecule has 5 aromatic rings. The molecular weight excluding hydrogens is 428 g/mol. The fourth-order valence-electron chi connectivity index (χ4n) is 3.57. The van der Waals surface area contributed by atoms with E-state index in [9.17, 15) is 5.26 Å². The molecule has 3 heterocycles. The fraction of sp³-hybridized carbons (Fsp3) is 0.0833. The third kappa shape index (κ3) is 3.28. The summed E-state index contributed by atoms with van der Waals surface area (Å²) in [4.78, 5) is 14.7. The van der Waals surface area contributed by atoms with Crippen LogP contribution in [0.3, 0.4) is 0 Å². The quantitative estimate of drug-likeness (QED) is 0.297. The maximum atomic E-state index is 10.0. The summed E-state index contributed by atoms with van der Waals surface area (Å²) in [6, 6.07) is 21.7. The zero-order valence-corrected chi connectivity index (χ0v) is 18.0. The van der Waals surface area contributed by atoms with E-state index in [1.165, 1.54) is 11.3 Å². The Labute approximate surface area is 187 Å². The van der Waals surface area contributed by atoms with Crippen molar-refractivity contribution in [3.63, 3.8) is 0 Å². The van der Waals surface area contributed by atoms with Crippen LogP contribution in [0.5, 0.6) is 5.88 Å². The van der Waals surface area contributed by atoms with Crippen molar-refractivity contribution in [1.29, 1.82) is 5.26 Å². The SMILES string of the molecule is CCOc1nc2sc3c(Cl)nc(-c4ccccc4)nc3c2c(-c2ccccc2)c1C#N. The van der Waals surface area contributed by atoms with E-state index in [1.807, 2.05) is 67.6 Å². The Morgan fingerprint density at radius 2 is 1.65 bits per heavy atom. The van der Waals surface area contributed by atoms with Gasteiger partial charge in [-0.15, -0.1) is 11.3 Å². The van der Waals surface area contributed by atoms with E-state index in [1.54, 1.807) is 0 Å². The van der Waals surface area contributed by atoms with Crippen LogP contribution < -0.4 is 4.74 Å². The van der Waals surface area contributed by atoms with Crippen LogP contribution in [0.1, 0.15) is 12.5 Å². The molecule has 150 valence electrons. The second-order valence-electron chi connectivity index (χ2n) is 6.74. The van der Waals surface area contributed by atoms with E-state index in [0.717, 1.165) is 26.8 Å². The molecule has 0 amide bonds. The molecule has 5 rings (SSSR count). The summed E-state index contributed by atoms with van der Waals surface area (Å²) in [5, 5.41) is 11.2. The number of fused-ring (bicyclic) bond motifs is 3. The van der Waals surface area contributed by atoms with Crippen LogP contribution in [0.4, 0.5) is 0 Å². The first kappa shape index (κ1) is 19.4. The first-order valence-electron chi connectivity index (χ1n) is 9.68. The van der Waals surface area contributed by atoms with E-state index < -0.39 is 0 Å². The first-order chi connectivity index (χ1) is 15.2. The Kier molecular flexibility index (Phi) is 4.99. The summed E-state index contributed by atoms with van der Waals surface area (Å²) in [6.45, 7) is 2.28. The van der Waals surface area contributed by atoms with Crippen LogP contribution >= 0.6 is 22.9 Å². The van der Waals surface area contributed by atoms with Crippen LogP contribution in [-0.2, 0) is 0 Å². The molecule has 0 fully saturated rings. The molecule has 0 spiro atoms. The topological polar surface area (TPSA) is 71.7 Å². The van der Waals surface area contributed by atoms with Gasteiger partial charge in [-0.2, -0.15) is 5.26 Å². The summed E-state index contributed by atoms with van der Waals surface area (Å²) in [5.41, 5.74) is 3.58. The number of nitrogens with zero attached hydrogens (tertiary/aromatic N) is 4. The normalized spacial score (nSPS) is 11.0. The van der Waals surface area contributed by atoms with Crippen molar-refractivity contribution in [2.75, 3.05) is 6.61 Å². The molecular formula is C24H15ClN4OS. The van der Waals surface area contributed by atoms with Crippen molar-refractivity contribution in [1.82, 2.24) is 15.0 Å². The molecule has 0 radical (unpaired) electrons. The maximum absolute atomic E-state index is 10.0. The Morgan fingerprint density at radius 3 is 2.29 bits per heavy atom. The largest absolute Gasteiger partial charge is 0.477 e. The minimum absolute atomic E-state index is 0.315. The van der Waals surface area contributed by atoms with E-state index in [4.69, 9.17) is 21.3 Å². The lowest BCUT2D eigenvalue weighted by Gasteiger charge is -2.11. The standard InChI is InChI=1S/C24H15ClN4OS/c1-2-30-23-16(13-26)17(14-9-5-3-6-10-14)18-19-20(31-24(18)29-23)21(25)28-22(27-19)15-11-7-4-8-12-15/h3-12H,2H2,1H3. The van der Waals surface area contributed by atoms with Gasteiger partial charge in [0, 0.05) is 16.5 Å². The van der Waals surface area contributed by atoms with E-state index in [0.29, 0.717) is 39.4 Å². The van der Waals surface area contributed by atoms with Crippen LogP contribution in [0.2, 0.25) is 5.15 Å². The lowest BCUT2D eigenvalue weighted by molar-refractivity contribution is 0.327. The van der Waals surface area contributed by atoms with Gasteiger partial charge in [0.25, 0.3) is 0 Å². The molecule has 0 saturated carbocycles. The van der Waals surface area contributed by atoms with Crippen molar-refractivity contribution < 1.29 is 4.74 Å². The molecule has 3 aromatic heterocycles. The highest BCUT2D eigenvalue weighted by atomic mass is 35.5. The zero-order valence-electron chi connectivity index (χ0n) is 16.5. The van der Waals surface area contributed by atoms with Crippen LogP contribution in [0.15, 0.2) is 60.7 Å². The van der Waals surface area contributed by atoms with E-state index in [2.05, 4.69) is 16.0 Å². The third-order valence-corrected chi connectivity index (χ3v) is 6.34. The Hall–Kier alpha value is -3.53. The number of halogens is 1. The Bertz CT molecular complexity index is 1460. The average Bonchev–Trinajstić information content (AvgIpc) is 3.18. The lowest BCUT2D eigenvalue weighted by Crippen LogP contribution is -2.00. The summed E-state index contributed by atoms with van der Waals surface area (Å²) < 4.78 is 6.46. The van der Waals surface area contributed by atoms with Gasteiger partial charge >= 0.3 is 0 Å². The second-order valence-corrected chi connectivity index (χ2v) is 8.10. The smallest absolute Gasteiger partial charge is 0.233 e. The van der Waals surface area contributed by atoms with Crippen LogP contribution in [-0.4, -0.2) is 21.6 Å². The van der Waals surface area contributed by atoms with Gasteiger partial charge in [-0.3, -0.25) is 0 Å². The third-order valence-electron chi connectivity index (χ3n) is 4.88. The van der Waals surface area contributed by atoms with Crippen molar-refractivity contribution in [2.45, 2.75) is 6.92 Å². The molecule has 0 saturated heterocycles. The van der Waals surface area contributed by atoms with Gasteiger partial charge in [0.15, 0.2) is 11.0 Å². The lowest BCUT2D eigenvalue weighted by atomic mass is 9.98. The number of hydrogen-bond donors (Lipinski definition) is 0. The number of nitriles is 1. The minimum atomic E-state index is 0.315. The maximum Gasteiger partial charge on any atom is 0.233 e. The Balaban J connectivity index is 1.94. The zero-order chi connectivity index (χ0) is 21.4. The summed E-state index contributed by atoms with van der Waals surface area (Å²) in [7, 11) is 0. The second kappa shape index (κ2) is 7.95. The first-order valence-corrected chi connectivity index (χ1v) is 10.9. The molecule has 5 nitrogen and oxygen atoms in total. The van der Waals surface area contributed by atoms with Gasteiger partial charge in [-0.05, 0) is 12.5 Å². The monoisotopic (exact) mass is 442 g/mol. The van der Waals surface area contributed by atoms with Gasteiger partial charge in [0.1, 0.15) is 16.5 Å². The number of benzene rings is 2. The van der Waals surface area contributed by atoms with Crippen molar-refractivity contribution in [2.24, 2.45) is 0 Å². The van der Waals surface area contributed by atoms with E-state index in [-0.39, 0.29) is 0 Å². The van der Waals surface area contributed by atoms with Crippen LogP contribution in [0, 0.1) is 11.3 Å². The Morgan fingerprint density at radius 1 is 0.968 bits per heavy atom. The molecule has 2 aromatic carbocycles. The van der Waals surface area contributed by atoms with E-state index >= 15 is 0 Å². The van der Waals surface area contributed by atoms with Crippen molar-refractivity contribution in [3.05, 3.63) is 71.4 Å². The van der Waals surface area contributed by atoms with Gasteiger partial charge in [-0.25, -0.2) is 15.0 Å². The van der Waals surface area contributed by atoms with Gasteiger partial charge < -0.3 is 4.74 Å². The number of rotatable bonds is 4. The summed E-state index contributed by atoms with van der Waals surface area (Å²) >= 11 is 7.99.